The molecule has 0 spiro atoms. The maximum absolute atomic E-state index is 7.11. The zero-order chi connectivity index (χ0) is 47.0. The molecule has 0 aliphatic rings. The zero-order valence-electron chi connectivity index (χ0n) is 38.4. The van der Waals surface area contributed by atoms with Gasteiger partial charge in [0.15, 0.2) is 23.1 Å². The van der Waals surface area contributed by atoms with E-state index in [2.05, 4.69) is 197 Å². The van der Waals surface area contributed by atoms with Crippen LogP contribution in [0.5, 0.6) is 0 Å². The van der Waals surface area contributed by atoms with Crippen LogP contribution in [-0.2, 0) is 0 Å². The molecule has 5 aromatic heterocycles. The Morgan fingerprint density at radius 1 is 0.292 bits per heavy atom. The number of furan rings is 2. The second kappa shape index (κ2) is 14.8. The van der Waals surface area contributed by atoms with E-state index in [0.717, 1.165) is 116 Å². The lowest BCUT2D eigenvalue weighted by Crippen LogP contribution is -2.04. The fourth-order valence-corrected chi connectivity index (χ4v) is 11.6. The molecule has 0 fully saturated rings. The first-order valence-electron chi connectivity index (χ1n) is 24.3. The average Bonchev–Trinajstić information content (AvgIpc) is 4.20. The molecule has 16 rings (SSSR count). The van der Waals surface area contributed by atoms with Crippen molar-refractivity contribution < 1.29 is 8.83 Å². The van der Waals surface area contributed by atoms with E-state index in [0.29, 0.717) is 17.5 Å². The van der Waals surface area contributed by atoms with Crippen LogP contribution in [0.1, 0.15) is 0 Å². The van der Waals surface area contributed by atoms with E-state index in [1.165, 1.54) is 21.5 Å². The number of benzene rings is 11. The molecule has 0 atom stereocenters. The molecule has 0 aliphatic carbocycles. The molecule has 334 valence electrons. The maximum Gasteiger partial charge on any atom is 0.166 e. The summed E-state index contributed by atoms with van der Waals surface area (Å²) in [4.78, 5) is 16.8. The molecule has 0 amide bonds. The molecule has 0 bridgehead atoms. The highest BCUT2D eigenvalue weighted by Gasteiger charge is 2.27. The smallest absolute Gasteiger partial charge is 0.166 e. The van der Waals surface area contributed by atoms with E-state index in [1.807, 2.05) is 36.4 Å². The Bertz CT molecular complexity index is 4940. The van der Waals surface area contributed by atoms with Gasteiger partial charge in [0.2, 0.25) is 0 Å². The predicted molar refractivity (Wildman–Crippen MR) is 294 cm³/mol. The topological polar surface area (TPSA) is 74.8 Å². The second-order valence-corrected chi connectivity index (χ2v) is 18.6. The van der Waals surface area contributed by atoms with Crippen LogP contribution in [0.2, 0.25) is 0 Å². The minimum absolute atomic E-state index is 0.512. The van der Waals surface area contributed by atoms with Crippen molar-refractivity contribution in [2.75, 3.05) is 0 Å². The average molecular weight is 920 g/mol. The lowest BCUT2D eigenvalue weighted by molar-refractivity contribution is 0.666. The highest BCUT2D eigenvalue weighted by molar-refractivity contribution is 6.24. The van der Waals surface area contributed by atoms with Crippen molar-refractivity contribution in [3.63, 3.8) is 0 Å². The minimum atomic E-state index is 0.512. The van der Waals surface area contributed by atoms with Crippen LogP contribution in [0.15, 0.2) is 233 Å². The minimum Gasteiger partial charge on any atom is -0.456 e. The molecule has 0 saturated carbocycles. The van der Waals surface area contributed by atoms with Crippen LogP contribution in [0.4, 0.5) is 0 Å². The highest BCUT2D eigenvalue weighted by Crippen LogP contribution is 2.46. The lowest BCUT2D eigenvalue weighted by Gasteiger charge is -2.16. The van der Waals surface area contributed by atoms with Gasteiger partial charge in [-0.15, -0.1) is 0 Å². The molecule has 7 nitrogen and oxygen atoms in total. The summed E-state index contributed by atoms with van der Waals surface area (Å²) < 4.78 is 18.3. The Morgan fingerprint density at radius 2 is 0.875 bits per heavy atom. The van der Waals surface area contributed by atoms with Gasteiger partial charge in [0.1, 0.15) is 22.4 Å². The molecule has 0 unspecified atom stereocenters. The van der Waals surface area contributed by atoms with Crippen molar-refractivity contribution in [1.82, 2.24) is 24.1 Å². The summed E-state index contributed by atoms with van der Waals surface area (Å²) >= 11 is 0. The summed E-state index contributed by atoms with van der Waals surface area (Å²) in [5, 5.41) is 13.1. The molecule has 0 aliphatic heterocycles. The van der Waals surface area contributed by atoms with Crippen molar-refractivity contribution in [2.45, 2.75) is 0 Å². The monoisotopic (exact) mass is 919 g/mol. The van der Waals surface area contributed by atoms with E-state index >= 15 is 0 Å². The fraction of sp³-hybridized carbons (Fsp3) is 0. The maximum atomic E-state index is 7.11. The van der Waals surface area contributed by atoms with E-state index in [1.54, 1.807) is 0 Å². The van der Waals surface area contributed by atoms with E-state index in [-0.39, 0.29) is 0 Å². The van der Waals surface area contributed by atoms with Crippen LogP contribution >= 0.6 is 0 Å². The Kier molecular flexibility index (Phi) is 8.04. The van der Waals surface area contributed by atoms with Crippen molar-refractivity contribution in [3.8, 4) is 45.5 Å². The summed E-state index contributed by atoms with van der Waals surface area (Å²) in [7, 11) is 0. The van der Waals surface area contributed by atoms with E-state index < -0.39 is 0 Å². The van der Waals surface area contributed by atoms with Crippen molar-refractivity contribution >= 4 is 109 Å². The van der Waals surface area contributed by atoms with Gasteiger partial charge in [-0.2, -0.15) is 0 Å². The Balaban J connectivity index is 1.07. The van der Waals surface area contributed by atoms with Gasteiger partial charge in [-0.05, 0) is 94.3 Å². The number of rotatable bonds is 5. The first kappa shape index (κ1) is 39.0. The normalized spacial score (nSPS) is 12.2. The molecule has 5 heterocycles. The van der Waals surface area contributed by atoms with Crippen LogP contribution in [0.3, 0.4) is 0 Å². The Labute approximate surface area is 410 Å². The first-order chi connectivity index (χ1) is 35.7. The molecule has 0 saturated heterocycles. The summed E-state index contributed by atoms with van der Waals surface area (Å²) in [5.41, 5.74) is 11.8. The third kappa shape index (κ3) is 5.53. The van der Waals surface area contributed by atoms with Crippen LogP contribution in [0, 0.1) is 0 Å². The number of fused-ring (bicyclic) bond motifs is 15. The summed E-state index contributed by atoms with van der Waals surface area (Å²) in [6, 6.07) is 79.0. The predicted octanol–water partition coefficient (Wildman–Crippen LogP) is 17.2. The van der Waals surface area contributed by atoms with Crippen LogP contribution in [-0.4, -0.2) is 24.1 Å². The van der Waals surface area contributed by atoms with Gasteiger partial charge in [0.25, 0.3) is 0 Å². The number of aromatic nitrogens is 5. The summed E-state index contributed by atoms with van der Waals surface area (Å²) in [6.45, 7) is 0. The molecule has 11 aromatic carbocycles. The molecule has 72 heavy (non-hydrogen) atoms. The molecule has 16 aromatic rings. The van der Waals surface area contributed by atoms with Gasteiger partial charge >= 0.3 is 0 Å². The third-order valence-corrected chi connectivity index (χ3v) is 14.7. The third-order valence-electron chi connectivity index (χ3n) is 14.7. The van der Waals surface area contributed by atoms with Gasteiger partial charge in [0, 0.05) is 65.5 Å². The first-order valence-corrected chi connectivity index (χ1v) is 24.3. The molecule has 0 N–H and O–H groups in total. The SMILES string of the molecule is c1ccc(-n2c3ccccc3c3c(-c4nc(-c5ccc6c(oc7ccccc76)c5-n5c6cc7ccccc7cc6c6c7ccccc7ccc65)nc(-c5cccc6oc7ccccc7c56)n4)cccc32)cc1. The Hall–Kier alpha value is -9.85. The standard InChI is InChI=1S/C65H37N5O2/c1-2-19-41(20-3-1)69-51-27-11-8-23-45(51)59-47(25-14-28-52(59)69)63-66-64(48-26-15-31-57-60(48)46-24-10-13-30-56(46)71-57)68-65(67-63)49-34-33-44-43-22-9-12-29-55(43)72-62(44)61(49)70-53-35-32-38-16-6-7-21-42(38)58(53)50-36-39-17-4-5-18-40(39)37-54(50)70/h1-37H. The van der Waals surface area contributed by atoms with Gasteiger partial charge in [-0.25, -0.2) is 15.0 Å². The fourth-order valence-electron chi connectivity index (χ4n) is 11.6. The van der Waals surface area contributed by atoms with Gasteiger partial charge in [0.05, 0.1) is 22.1 Å². The number of para-hydroxylation sites is 4. The van der Waals surface area contributed by atoms with Gasteiger partial charge < -0.3 is 18.0 Å². The van der Waals surface area contributed by atoms with Crippen molar-refractivity contribution in [3.05, 3.63) is 224 Å². The highest BCUT2D eigenvalue weighted by atomic mass is 16.3. The van der Waals surface area contributed by atoms with Gasteiger partial charge in [-0.1, -0.05) is 152 Å². The van der Waals surface area contributed by atoms with Crippen LogP contribution < -0.4 is 0 Å². The quantitative estimate of drug-likeness (QED) is 0.172. The van der Waals surface area contributed by atoms with Crippen LogP contribution in [0.25, 0.3) is 155 Å². The van der Waals surface area contributed by atoms with Crippen molar-refractivity contribution in [1.29, 1.82) is 0 Å². The largest absolute Gasteiger partial charge is 0.456 e. The van der Waals surface area contributed by atoms with E-state index in [4.69, 9.17) is 23.8 Å². The number of nitrogens with zero attached hydrogens (tertiary/aromatic N) is 5. The number of hydrogen-bond donors (Lipinski definition) is 0. The summed E-state index contributed by atoms with van der Waals surface area (Å²) in [5.74, 6) is 1.60. The number of hydrogen-bond acceptors (Lipinski definition) is 5. The van der Waals surface area contributed by atoms with Gasteiger partial charge in [-0.3, -0.25) is 0 Å². The molecular formula is C65H37N5O2. The zero-order valence-corrected chi connectivity index (χ0v) is 38.4. The molecule has 7 heteroatoms. The lowest BCUT2D eigenvalue weighted by atomic mass is 10.0. The second-order valence-electron chi connectivity index (χ2n) is 18.6. The molecular weight excluding hydrogens is 883 g/mol. The molecule has 0 radical (unpaired) electrons. The summed E-state index contributed by atoms with van der Waals surface area (Å²) in [6.07, 6.45) is 0. The van der Waals surface area contributed by atoms with Crippen molar-refractivity contribution in [2.24, 2.45) is 0 Å². The Morgan fingerprint density at radius 3 is 1.68 bits per heavy atom. The van der Waals surface area contributed by atoms with E-state index in [9.17, 15) is 0 Å².